The van der Waals surface area contributed by atoms with Crippen LogP contribution >= 0.6 is 11.8 Å². The number of hydrogen-bond acceptors (Lipinski definition) is 3. The lowest BCUT2D eigenvalue weighted by atomic mass is 10.1. The van der Waals surface area contributed by atoms with Crippen LogP contribution in [0.2, 0.25) is 0 Å². The summed E-state index contributed by atoms with van der Waals surface area (Å²) >= 11 is 1.53. The standard InChI is InChI=1S/C13H17FO2S/c1-2-3-4-7-17-9-13(16)11-8-10(14)5-6-12(11)15/h5-6,8,15H,2-4,7,9H2,1H3. The predicted molar refractivity (Wildman–Crippen MR) is 69.2 cm³/mol. The van der Waals surface area contributed by atoms with Crippen molar-refractivity contribution in [2.24, 2.45) is 0 Å². The number of hydrogen-bond donors (Lipinski definition) is 1. The number of unbranched alkanes of at least 4 members (excludes halogenated alkanes) is 2. The third kappa shape index (κ3) is 4.77. The minimum Gasteiger partial charge on any atom is -0.507 e. The van der Waals surface area contributed by atoms with Crippen LogP contribution in [0.3, 0.4) is 0 Å². The lowest BCUT2D eigenvalue weighted by Crippen LogP contribution is -2.04. The summed E-state index contributed by atoms with van der Waals surface area (Å²) in [5.41, 5.74) is 0.0768. The molecule has 4 heteroatoms. The SMILES string of the molecule is CCCCCSCC(=O)c1cc(F)ccc1O. The average molecular weight is 256 g/mol. The van der Waals surface area contributed by atoms with Crippen molar-refractivity contribution >= 4 is 17.5 Å². The largest absolute Gasteiger partial charge is 0.507 e. The number of phenols is 1. The minimum absolute atomic E-state index is 0.0768. The fourth-order valence-electron chi connectivity index (χ4n) is 1.43. The number of aromatic hydroxyl groups is 1. The maximum Gasteiger partial charge on any atom is 0.176 e. The number of thioether (sulfide) groups is 1. The molecule has 0 aliphatic carbocycles. The Morgan fingerprint density at radius 3 is 2.88 bits per heavy atom. The van der Waals surface area contributed by atoms with Crippen molar-refractivity contribution in [3.8, 4) is 5.75 Å². The van der Waals surface area contributed by atoms with Crippen LogP contribution in [-0.2, 0) is 0 Å². The van der Waals surface area contributed by atoms with Crippen molar-refractivity contribution in [3.63, 3.8) is 0 Å². The summed E-state index contributed by atoms with van der Waals surface area (Å²) in [4.78, 5) is 11.7. The molecule has 0 fully saturated rings. The molecule has 0 saturated carbocycles. The number of ketones is 1. The van der Waals surface area contributed by atoms with E-state index in [1.165, 1.54) is 17.8 Å². The number of phenolic OH excluding ortho intramolecular Hbond substituents is 1. The fraction of sp³-hybridized carbons (Fsp3) is 0.462. The number of halogens is 1. The van der Waals surface area contributed by atoms with Gasteiger partial charge in [-0.1, -0.05) is 19.8 Å². The molecule has 0 amide bonds. The first-order valence-corrected chi connectivity index (χ1v) is 6.90. The van der Waals surface area contributed by atoms with Crippen LogP contribution < -0.4 is 0 Å². The van der Waals surface area contributed by atoms with Crippen molar-refractivity contribution in [2.75, 3.05) is 11.5 Å². The van der Waals surface area contributed by atoms with Crippen LogP contribution in [0.1, 0.15) is 36.5 Å². The molecule has 1 N–H and O–H groups in total. The van der Waals surface area contributed by atoms with E-state index in [4.69, 9.17) is 0 Å². The van der Waals surface area contributed by atoms with Gasteiger partial charge in [0, 0.05) is 0 Å². The van der Waals surface area contributed by atoms with Gasteiger partial charge in [0.2, 0.25) is 0 Å². The van der Waals surface area contributed by atoms with Gasteiger partial charge in [-0.3, -0.25) is 4.79 Å². The molecule has 0 bridgehead atoms. The smallest absolute Gasteiger partial charge is 0.176 e. The fourth-order valence-corrected chi connectivity index (χ4v) is 2.32. The summed E-state index contributed by atoms with van der Waals surface area (Å²) in [6, 6.07) is 3.44. The van der Waals surface area contributed by atoms with Gasteiger partial charge >= 0.3 is 0 Å². The van der Waals surface area contributed by atoms with Crippen LogP contribution in [0.15, 0.2) is 18.2 Å². The van der Waals surface area contributed by atoms with Gasteiger partial charge in [0.1, 0.15) is 11.6 Å². The molecule has 0 unspecified atom stereocenters. The molecular weight excluding hydrogens is 239 g/mol. The molecule has 2 nitrogen and oxygen atoms in total. The van der Waals surface area contributed by atoms with Crippen molar-refractivity contribution < 1.29 is 14.3 Å². The van der Waals surface area contributed by atoms with E-state index in [1.807, 2.05) is 0 Å². The molecular formula is C13H17FO2S. The summed E-state index contributed by atoms with van der Waals surface area (Å²) < 4.78 is 12.9. The Morgan fingerprint density at radius 2 is 2.18 bits per heavy atom. The topological polar surface area (TPSA) is 37.3 Å². The van der Waals surface area contributed by atoms with Crippen LogP contribution in [0.25, 0.3) is 0 Å². The zero-order chi connectivity index (χ0) is 12.7. The molecule has 0 aliphatic rings. The highest BCUT2D eigenvalue weighted by molar-refractivity contribution is 7.99. The van der Waals surface area contributed by atoms with Crippen LogP contribution in [0, 0.1) is 5.82 Å². The molecule has 17 heavy (non-hydrogen) atoms. The van der Waals surface area contributed by atoms with Crippen LogP contribution in [0.4, 0.5) is 4.39 Å². The van der Waals surface area contributed by atoms with Gasteiger partial charge in [-0.25, -0.2) is 4.39 Å². The van der Waals surface area contributed by atoms with Gasteiger partial charge in [0.25, 0.3) is 0 Å². The summed E-state index contributed by atoms with van der Waals surface area (Å²) in [5.74, 6) is 0.354. The second-order valence-corrected chi connectivity index (χ2v) is 4.95. The highest BCUT2D eigenvalue weighted by Gasteiger charge is 2.11. The van der Waals surface area contributed by atoms with E-state index in [2.05, 4.69) is 6.92 Å². The number of benzene rings is 1. The van der Waals surface area contributed by atoms with Gasteiger partial charge in [0.05, 0.1) is 11.3 Å². The van der Waals surface area contributed by atoms with Gasteiger partial charge in [-0.2, -0.15) is 11.8 Å². The summed E-state index contributed by atoms with van der Waals surface area (Å²) in [6.07, 6.45) is 3.40. The van der Waals surface area contributed by atoms with Crippen LogP contribution in [-0.4, -0.2) is 22.4 Å². The highest BCUT2D eigenvalue weighted by Crippen LogP contribution is 2.20. The zero-order valence-corrected chi connectivity index (χ0v) is 10.7. The molecule has 0 aliphatic heterocycles. The van der Waals surface area contributed by atoms with Crippen molar-refractivity contribution in [2.45, 2.75) is 26.2 Å². The van der Waals surface area contributed by atoms with E-state index < -0.39 is 5.82 Å². The third-order valence-corrected chi connectivity index (χ3v) is 3.43. The Balaban J connectivity index is 2.44. The Hall–Kier alpha value is -1.03. The van der Waals surface area contributed by atoms with Gasteiger partial charge in [-0.15, -0.1) is 0 Å². The number of Topliss-reactive ketones (excluding diaryl/α,β-unsaturated/α-hetero) is 1. The van der Waals surface area contributed by atoms with E-state index in [0.717, 1.165) is 37.1 Å². The second-order valence-electron chi connectivity index (χ2n) is 3.84. The molecule has 0 atom stereocenters. The average Bonchev–Trinajstić information content (AvgIpc) is 2.32. The normalized spacial score (nSPS) is 10.5. The van der Waals surface area contributed by atoms with Crippen LogP contribution in [0.5, 0.6) is 5.75 Å². The molecule has 0 heterocycles. The quantitative estimate of drug-likeness (QED) is 0.598. The predicted octanol–water partition coefficient (Wildman–Crippen LogP) is 3.64. The summed E-state index contributed by atoms with van der Waals surface area (Å²) in [5, 5.41) is 9.45. The third-order valence-electron chi connectivity index (χ3n) is 2.38. The Morgan fingerprint density at radius 1 is 1.41 bits per heavy atom. The number of carbonyl (C=O) groups excluding carboxylic acids is 1. The Bertz CT molecular complexity index is 380. The molecule has 0 radical (unpaired) electrons. The molecule has 0 saturated heterocycles. The molecule has 94 valence electrons. The lowest BCUT2D eigenvalue weighted by molar-refractivity contribution is 0.101. The van der Waals surface area contributed by atoms with Gasteiger partial charge in [0.15, 0.2) is 5.78 Å². The zero-order valence-electron chi connectivity index (χ0n) is 9.91. The number of carbonyl (C=O) groups is 1. The molecule has 1 aromatic carbocycles. The molecule has 1 aromatic rings. The first-order chi connectivity index (χ1) is 8.15. The second kappa shape index (κ2) is 7.33. The maximum atomic E-state index is 12.9. The van der Waals surface area contributed by atoms with E-state index in [-0.39, 0.29) is 17.1 Å². The molecule has 0 spiro atoms. The monoisotopic (exact) mass is 256 g/mol. The van der Waals surface area contributed by atoms with Crippen molar-refractivity contribution in [1.82, 2.24) is 0 Å². The van der Waals surface area contributed by atoms with E-state index >= 15 is 0 Å². The molecule has 1 rings (SSSR count). The van der Waals surface area contributed by atoms with Gasteiger partial charge in [-0.05, 0) is 30.4 Å². The van der Waals surface area contributed by atoms with E-state index in [9.17, 15) is 14.3 Å². The van der Waals surface area contributed by atoms with Crippen molar-refractivity contribution in [3.05, 3.63) is 29.6 Å². The Kier molecular flexibility index (Phi) is 6.05. The lowest BCUT2D eigenvalue weighted by Gasteiger charge is -2.04. The summed E-state index contributed by atoms with van der Waals surface area (Å²) in [6.45, 7) is 2.13. The highest BCUT2D eigenvalue weighted by atomic mass is 32.2. The van der Waals surface area contributed by atoms with Crippen molar-refractivity contribution in [1.29, 1.82) is 0 Å². The number of rotatable bonds is 7. The maximum absolute atomic E-state index is 12.9. The summed E-state index contributed by atoms with van der Waals surface area (Å²) in [7, 11) is 0. The van der Waals surface area contributed by atoms with E-state index in [1.54, 1.807) is 0 Å². The molecule has 0 aromatic heterocycles. The first kappa shape index (κ1) is 14.0. The van der Waals surface area contributed by atoms with E-state index in [0.29, 0.717) is 5.75 Å². The Labute approximate surface area is 105 Å². The first-order valence-electron chi connectivity index (χ1n) is 5.74. The van der Waals surface area contributed by atoms with Gasteiger partial charge < -0.3 is 5.11 Å². The minimum atomic E-state index is -0.498.